The molecule has 0 heterocycles. The van der Waals surface area contributed by atoms with Crippen molar-refractivity contribution in [2.24, 2.45) is 0 Å². The van der Waals surface area contributed by atoms with E-state index in [1.54, 1.807) is 25.1 Å². The fourth-order valence-electron chi connectivity index (χ4n) is 4.70. The molecule has 0 fully saturated rings. The Morgan fingerprint density at radius 3 is 2.07 bits per heavy atom. The lowest BCUT2D eigenvalue weighted by atomic mass is 10.0. The first-order chi connectivity index (χ1) is 20.2. The molecule has 0 spiro atoms. The highest BCUT2D eigenvalue weighted by Gasteiger charge is 2.35. The number of carbonyl (C=O) groups is 2. The molecule has 2 amide bonds. The van der Waals surface area contributed by atoms with Gasteiger partial charge in [0.2, 0.25) is 11.8 Å². The predicted octanol–water partition coefficient (Wildman–Crippen LogP) is 5.11. The topological polar surface area (TPSA) is 86.8 Å². The Balaban J connectivity index is 1.81. The summed E-state index contributed by atoms with van der Waals surface area (Å²) in [5.74, 6) is -1.81. The Bertz CT molecular complexity index is 1610. The van der Waals surface area contributed by atoms with Gasteiger partial charge in [-0.25, -0.2) is 12.8 Å². The van der Waals surface area contributed by atoms with Crippen LogP contribution in [0.4, 0.5) is 10.1 Å². The molecule has 0 aliphatic heterocycles. The van der Waals surface area contributed by atoms with E-state index in [0.717, 1.165) is 27.1 Å². The minimum atomic E-state index is -4.36. The van der Waals surface area contributed by atoms with Gasteiger partial charge in [0.15, 0.2) is 0 Å². The highest BCUT2D eigenvalue weighted by molar-refractivity contribution is 7.92. The van der Waals surface area contributed by atoms with Crippen molar-refractivity contribution in [2.75, 3.05) is 17.4 Å². The monoisotopic (exact) mass is 587 g/mol. The number of nitrogens with one attached hydrogen (secondary N) is 1. The maximum absolute atomic E-state index is 15.1. The molecule has 218 valence electrons. The number of carbonyl (C=O) groups excluding carboxylic acids is 2. The van der Waals surface area contributed by atoms with Gasteiger partial charge in [-0.2, -0.15) is 0 Å². The summed E-state index contributed by atoms with van der Waals surface area (Å²) in [4.78, 5) is 29.1. The second-order valence-corrected chi connectivity index (χ2v) is 11.7. The van der Waals surface area contributed by atoms with Crippen molar-refractivity contribution in [3.63, 3.8) is 0 Å². The Morgan fingerprint density at radius 1 is 0.833 bits per heavy atom. The number of benzene rings is 4. The molecular weight excluding hydrogens is 553 g/mol. The van der Waals surface area contributed by atoms with E-state index in [9.17, 15) is 18.0 Å². The maximum Gasteiger partial charge on any atom is 0.264 e. The molecule has 0 saturated carbocycles. The molecule has 0 bridgehead atoms. The van der Waals surface area contributed by atoms with Gasteiger partial charge in [0, 0.05) is 19.5 Å². The first kappa shape index (κ1) is 30.5. The summed E-state index contributed by atoms with van der Waals surface area (Å²) in [6.07, 6.45) is 0.204. The number of aryl methyl sites for hydroxylation is 1. The zero-order valence-electron chi connectivity index (χ0n) is 23.6. The SMILES string of the molecule is CCNC(=O)C(Cc1ccccc1)N(Cc1ccccc1C)C(=O)CN(c1ccccc1F)S(=O)(=O)c1ccccc1. The van der Waals surface area contributed by atoms with Crippen LogP contribution in [-0.2, 0) is 32.6 Å². The van der Waals surface area contributed by atoms with Crippen LogP contribution >= 0.6 is 0 Å². The van der Waals surface area contributed by atoms with E-state index >= 15 is 4.39 Å². The van der Waals surface area contributed by atoms with E-state index in [1.165, 1.54) is 35.2 Å². The molecule has 0 aromatic heterocycles. The summed E-state index contributed by atoms with van der Waals surface area (Å²) < 4.78 is 43.6. The summed E-state index contributed by atoms with van der Waals surface area (Å²) in [5, 5.41) is 2.83. The average Bonchev–Trinajstić information content (AvgIpc) is 3.00. The van der Waals surface area contributed by atoms with Crippen LogP contribution < -0.4 is 9.62 Å². The molecule has 0 saturated heterocycles. The van der Waals surface area contributed by atoms with Crippen molar-refractivity contribution in [3.8, 4) is 0 Å². The molecule has 4 aromatic rings. The van der Waals surface area contributed by atoms with E-state index in [4.69, 9.17) is 0 Å². The van der Waals surface area contributed by atoms with E-state index in [-0.39, 0.29) is 29.5 Å². The second-order valence-electron chi connectivity index (χ2n) is 9.82. The van der Waals surface area contributed by atoms with Gasteiger partial charge in [0.1, 0.15) is 18.4 Å². The highest BCUT2D eigenvalue weighted by atomic mass is 32.2. The summed E-state index contributed by atoms with van der Waals surface area (Å²) >= 11 is 0. The van der Waals surface area contributed by atoms with Gasteiger partial charge in [0.05, 0.1) is 10.6 Å². The zero-order valence-corrected chi connectivity index (χ0v) is 24.4. The highest BCUT2D eigenvalue weighted by Crippen LogP contribution is 2.27. The molecule has 4 aromatic carbocycles. The second kappa shape index (κ2) is 13.9. The minimum absolute atomic E-state index is 0.0522. The van der Waals surface area contributed by atoms with Crippen LogP contribution in [0, 0.1) is 12.7 Å². The predicted molar refractivity (Wildman–Crippen MR) is 162 cm³/mol. The van der Waals surface area contributed by atoms with Gasteiger partial charge >= 0.3 is 0 Å². The van der Waals surface area contributed by atoms with Crippen molar-refractivity contribution in [1.29, 1.82) is 0 Å². The minimum Gasteiger partial charge on any atom is -0.355 e. The Hall–Kier alpha value is -4.50. The largest absolute Gasteiger partial charge is 0.355 e. The lowest BCUT2D eigenvalue weighted by Crippen LogP contribution is -2.53. The molecule has 9 heteroatoms. The lowest BCUT2D eigenvalue weighted by Gasteiger charge is -2.34. The zero-order chi connectivity index (χ0) is 30.1. The average molecular weight is 588 g/mol. The number of nitrogens with zero attached hydrogens (tertiary/aromatic N) is 2. The van der Waals surface area contributed by atoms with Gasteiger partial charge < -0.3 is 10.2 Å². The van der Waals surface area contributed by atoms with Crippen LogP contribution in [-0.4, -0.2) is 44.3 Å². The number of anilines is 1. The molecule has 4 rings (SSSR count). The third-order valence-electron chi connectivity index (χ3n) is 6.96. The third kappa shape index (κ3) is 7.22. The first-order valence-corrected chi connectivity index (χ1v) is 15.1. The van der Waals surface area contributed by atoms with Crippen LogP contribution in [0.15, 0.2) is 114 Å². The third-order valence-corrected chi connectivity index (χ3v) is 8.73. The normalized spacial score (nSPS) is 11.9. The fourth-order valence-corrected chi connectivity index (χ4v) is 6.15. The summed E-state index contributed by atoms with van der Waals surface area (Å²) in [5.41, 5.74) is 2.28. The molecule has 1 N–H and O–H groups in total. The van der Waals surface area contributed by atoms with Crippen LogP contribution in [0.5, 0.6) is 0 Å². The van der Waals surface area contributed by atoms with Crippen molar-refractivity contribution in [2.45, 2.75) is 37.8 Å². The van der Waals surface area contributed by atoms with Gasteiger partial charge in [-0.1, -0.05) is 84.9 Å². The Kier molecular flexibility index (Phi) is 10.1. The fraction of sp³-hybridized carbons (Fsp3) is 0.212. The van der Waals surface area contributed by atoms with Crippen molar-refractivity contribution in [1.82, 2.24) is 10.2 Å². The Labute approximate surface area is 246 Å². The van der Waals surface area contributed by atoms with Crippen LogP contribution in [0.1, 0.15) is 23.6 Å². The molecule has 42 heavy (non-hydrogen) atoms. The maximum atomic E-state index is 15.1. The number of sulfonamides is 1. The quantitative estimate of drug-likeness (QED) is 0.250. The van der Waals surface area contributed by atoms with Crippen LogP contribution in [0.2, 0.25) is 0 Å². The molecule has 1 atom stereocenters. The molecule has 0 aliphatic rings. The van der Waals surface area contributed by atoms with Crippen molar-refractivity contribution in [3.05, 3.63) is 132 Å². The van der Waals surface area contributed by atoms with E-state index in [2.05, 4.69) is 5.32 Å². The van der Waals surface area contributed by atoms with Crippen LogP contribution in [0.25, 0.3) is 0 Å². The number of likely N-dealkylation sites (N-methyl/N-ethyl adjacent to an activating group) is 1. The van der Waals surface area contributed by atoms with Gasteiger partial charge in [-0.05, 0) is 54.8 Å². The number of amides is 2. The summed E-state index contributed by atoms with van der Waals surface area (Å²) in [7, 11) is -4.36. The molecule has 1 unspecified atom stereocenters. The number of para-hydroxylation sites is 1. The lowest BCUT2D eigenvalue weighted by molar-refractivity contribution is -0.140. The van der Waals surface area contributed by atoms with Crippen molar-refractivity contribution >= 4 is 27.5 Å². The molecule has 0 radical (unpaired) electrons. The number of hydrogen-bond donors (Lipinski definition) is 1. The molecule has 7 nitrogen and oxygen atoms in total. The van der Waals surface area contributed by atoms with Crippen LogP contribution in [0.3, 0.4) is 0 Å². The smallest absolute Gasteiger partial charge is 0.264 e. The molecule has 0 aliphatic carbocycles. The number of rotatable bonds is 12. The Morgan fingerprint density at radius 2 is 1.43 bits per heavy atom. The number of halogens is 1. The first-order valence-electron chi connectivity index (χ1n) is 13.7. The summed E-state index contributed by atoms with van der Waals surface area (Å²) in [6.45, 7) is 3.38. The van der Waals surface area contributed by atoms with Gasteiger partial charge in [-0.15, -0.1) is 0 Å². The van der Waals surface area contributed by atoms with Gasteiger partial charge in [0.25, 0.3) is 10.0 Å². The van der Waals surface area contributed by atoms with Crippen molar-refractivity contribution < 1.29 is 22.4 Å². The molecular formula is C33H34FN3O4S. The van der Waals surface area contributed by atoms with Gasteiger partial charge in [-0.3, -0.25) is 13.9 Å². The van der Waals surface area contributed by atoms with E-state index in [0.29, 0.717) is 6.54 Å². The van der Waals surface area contributed by atoms with E-state index < -0.39 is 34.3 Å². The summed E-state index contributed by atoms with van der Waals surface area (Å²) in [6, 6.07) is 28.8. The number of hydrogen-bond acceptors (Lipinski definition) is 4. The standard InChI is InChI=1S/C33H34FN3O4S/c1-3-35-33(39)31(22-26-15-6-4-7-16-26)36(23-27-17-11-10-14-25(27)2)32(38)24-37(30-21-13-12-20-29(30)34)42(40,41)28-18-8-5-9-19-28/h4-21,31H,3,22-24H2,1-2H3,(H,35,39). The van der Waals surface area contributed by atoms with E-state index in [1.807, 2.05) is 61.5 Å².